The van der Waals surface area contributed by atoms with Gasteiger partial charge in [0.25, 0.3) is 20.2 Å². The van der Waals surface area contributed by atoms with Gasteiger partial charge in [0.15, 0.2) is 0 Å². The predicted molar refractivity (Wildman–Crippen MR) is 310 cm³/mol. The first-order chi connectivity index (χ1) is 33.4. The minimum Gasteiger partial charge on any atom is -0.207 e. The second-order valence-electron chi connectivity index (χ2n) is 25.8. The molecule has 0 aliphatic heterocycles. The van der Waals surface area contributed by atoms with Gasteiger partial charge in [0.2, 0.25) is 0 Å². The van der Waals surface area contributed by atoms with E-state index in [9.17, 15) is 16.8 Å². The van der Waals surface area contributed by atoms with Crippen LogP contribution in [0.15, 0.2) is 175 Å². The van der Waals surface area contributed by atoms with Crippen LogP contribution in [0, 0.1) is 0 Å². The Morgan fingerprint density at radius 1 is 0.260 bits per heavy atom. The maximum atomic E-state index is 15.0. The molecule has 0 unspecified atom stereocenters. The largest absolute Gasteiger partial charge is 0.277 e. The molecule has 0 N–H and O–H groups in total. The number of benzene rings is 6. The predicted octanol–water partition coefficient (Wildman–Crippen LogP) is 17.6. The van der Waals surface area contributed by atoms with Gasteiger partial charge < -0.3 is 0 Å². The SMILES string of the molecule is CC(C)(C)c1ccc(S(OS(=O)(=O)CCCS(=O)(=O)OS(c2ccc(C(C)(C)C)cc2)(c2ccc(C(C)(C)C)cc2)c2ccc(C(C)(C)C)cc2)(c2ccc(C(C)(C)C)cc2)c2ccc(C(C)(C)C)cc2)cc1. The van der Waals surface area contributed by atoms with Gasteiger partial charge >= 0.3 is 0 Å². The van der Waals surface area contributed by atoms with Gasteiger partial charge in [-0.15, -0.1) is 0 Å². The zero-order valence-corrected chi connectivity index (χ0v) is 50.3. The number of hydrogen-bond acceptors (Lipinski definition) is 6. The first-order valence-corrected chi connectivity index (χ1v) is 31.8. The summed E-state index contributed by atoms with van der Waals surface area (Å²) in [5.41, 5.74) is 5.68. The minimum absolute atomic E-state index is 0.152. The normalized spacial score (nSPS) is 14.3. The Balaban J connectivity index is 1.46. The molecule has 6 aromatic rings. The van der Waals surface area contributed by atoms with Crippen molar-refractivity contribution in [3.05, 3.63) is 179 Å². The Kier molecular flexibility index (Phi) is 16.5. The van der Waals surface area contributed by atoms with Crippen molar-refractivity contribution in [2.45, 2.75) is 193 Å². The quantitative estimate of drug-likeness (QED) is 0.108. The molecule has 0 amide bonds. The summed E-state index contributed by atoms with van der Waals surface area (Å²) >= 11 is 0. The van der Waals surface area contributed by atoms with Crippen molar-refractivity contribution >= 4 is 40.9 Å². The highest BCUT2D eigenvalue weighted by Gasteiger charge is 2.41. The van der Waals surface area contributed by atoms with Crippen LogP contribution in [0.1, 0.15) is 164 Å². The Hall–Kier alpha value is -4.16. The minimum atomic E-state index is -4.45. The van der Waals surface area contributed by atoms with E-state index in [4.69, 9.17) is 7.26 Å². The Labute approximate surface area is 445 Å². The molecule has 0 fully saturated rings. The number of hydrogen-bond donors (Lipinski definition) is 0. The highest BCUT2D eigenvalue weighted by atomic mass is 32.3. The van der Waals surface area contributed by atoms with Gasteiger partial charge in [-0.1, -0.05) is 197 Å². The molecular weight excluding hydrogens is 981 g/mol. The van der Waals surface area contributed by atoms with E-state index in [1.165, 1.54) is 0 Å². The Morgan fingerprint density at radius 3 is 0.521 bits per heavy atom. The second kappa shape index (κ2) is 20.8. The lowest BCUT2D eigenvalue weighted by atomic mass is 9.87. The Bertz CT molecular complexity index is 2550. The maximum Gasteiger partial charge on any atom is 0.277 e. The van der Waals surface area contributed by atoms with Crippen LogP contribution in [-0.2, 0) is 60.0 Å². The highest BCUT2D eigenvalue weighted by Crippen LogP contribution is 2.72. The van der Waals surface area contributed by atoms with Crippen molar-refractivity contribution in [1.29, 1.82) is 0 Å². The van der Waals surface area contributed by atoms with Crippen LogP contribution in [0.5, 0.6) is 0 Å². The van der Waals surface area contributed by atoms with E-state index in [1.54, 1.807) is 0 Å². The fourth-order valence-corrected chi connectivity index (χ4v) is 19.6. The lowest BCUT2D eigenvalue weighted by molar-refractivity contribution is 0.501. The van der Waals surface area contributed by atoms with E-state index in [0.717, 1.165) is 33.4 Å². The van der Waals surface area contributed by atoms with Crippen molar-refractivity contribution in [3.8, 4) is 0 Å². The molecule has 0 saturated carbocycles. The number of rotatable bonds is 14. The lowest BCUT2D eigenvalue weighted by Gasteiger charge is -2.40. The summed E-state index contributed by atoms with van der Waals surface area (Å²) in [4.78, 5) is 4.29. The van der Waals surface area contributed by atoms with Crippen LogP contribution >= 0.6 is 20.6 Å². The molecule has 10 heteroatoms. The molecule has 0 aromatic heterocycles. The van der Waals surface area contributed by atoms with E-state index < -0.39 is 52.4 Å². The zero-order chi connectivity index (χ0) is 54.4. The fraction of sp³-hybridized carbons (Fsp3) is 0.429. The molecule has 0 radical (unpaired) electrons. The standard InChI is InChI=1S/C63H84O6S4/c1-58(2,3)46-20-32-52(33-21-46)72(53-34-22-47(23-35-53)59(4,5)6,54-36-24-48(25-37-54)60(7,8)9)68-70(64,65)44-19-45-71(66,67)69-73(55-38-26-49(27-39-55)61(10,11)12,56-40-28-50(29-41-56)62(13,14)15)57-42-30-51(31-43-57)63(16,17)18/h20-43H,19,44-45H2,1-18H3. The molecule has 0 aliphatic carbocycles. The van der Waals surface area contributed by atoms with Gasteiger partial charge in [0, 0.05) is 29.4 Å². The summed E-state index contributed by atoms with van der Waals surface area (Å²) in [7, 11) is -14.9. The van der Waals surface area contributed by atoms with Gasteiger partial charge in [0.1, 0.15) is 0 Å². The van der Waals surface area contributed by atoms with Crippen LogP contribution < -0.4 is 0 Å². The second-order valence-corrected chi connectivity index (χ2v) is 35.0. The van der Waals surface area contributed by atoms with Crippen molar-refractivity contribution in [2.24, 2.45) is 0 Å². The molecule has 396 valence electrons. The monoisotopic (exact) mass is 1060 g/mol. The maximum absolute atomic E-state index is 15.0. The topological polar surface area (TPSA) is 86.7 Å². The fourth-order valence-electron chi connectivity index (χ4n) is 8.72. The van der Waals surface area contributed by atoms with E-state index >= 15 is 0 Å². The van der Waals surface area contributed by atoms with Crippen molar-refractivity contribution in [1.82, 2.24) is 0 Å². The first kappa shape index (κ1) is 58.1. The molecule has 0 bridgehead atoms. The smallest absolute Gasteiger partial charge is 0.207 e. The van der Waals surface area contributed by atoms with Crippen LogP contribution in [0.2, 0.25) is 0 Å². The molecule has 0 aliphatic rings. The van der Waals surface area contributed by atoms with Crippen LogP contribution in [-0.4, -0.2) is 28.3 Å². The third-order valence-corrected chi connectivity index (χ3v) is 24.0. The summed E-state index contributed by atoms with van der Waals surface area (Å²) < 4.78 is 73.6. The molecular formula is C63H84O6S4. The average molecular weight is 1070 g/mol. The Morgan fingerprint density at radius 2 is 0.397 bits per heavy atom. The van der Waals surface area contributed by atoms with E-state index in [-0.39, 0.29) is 38.9 Å². The first-order valence-electron chi connectivity index (χ1n) is 25.6. The zero-order valence-electron chi connectivity index (χ0n) is 47.1. The van der Waals surface area contributed by atoms with Gasteiger partial charge in [-0.2, -0.15) is 16.8 Å². The van der Waals surface area contributed by atoms with Crippen LogP contribution in [0.25, 0.3) is 0 Å². The molecule has 0 atom stereocenters. The summed E-state index contributed by atoms with van der Waals surface area (Å²) in [6.07, 6.45) is -0.264. The molecule has 6 aromatic carbocycles. The van der Waals surface area contributed by atoms with E-state index in [1.807, 2.05) is 72.8 Å². The third-order valence-electron chi connectivity index (χ3n) is 13.5. The summed E-state index contributed by atoms with van der Waals surface area (Å²) in [6.45, 7) is 38.7. The van der Waals surface area contributed by atoms with Gasteiger partial charge in [-0.05, 0) is 166 Å². The molecule has 0 heterocycles. The van der Waals surface area contributed by atoms with Crippen LogP contribution in [0.3, 0.4) is 0 Å². The highest BCUT2D eigenvalue weighted by molar-refractivity contribution is 8.33. The van der Waals surface area contributed by atoms with Crippen molar-refractivity contribution in [3.63, 3.8) is 0 Å². The average Bonchev–Trinajstić information content (AvgIpc) is 3.28. The van der Waals surface area contributed by atoms with Gasteiger partial charge in [0.05, 0.1) is 11.5 Å². The van der Waals surface area contributed by atoms with E-state index in [2.05, 4.69) is 197 Å². The molecule has 6 rings (SSSR count). The van der Waals surface area contributed by atoms with Crippen molar-refractivity contribution in [2.75, 3.05) is 11.5 Å². The molecule has 0 spiro atoms. The van der Waals surface area contributed by atoms with Gasteiger partial charge in [-0.3, -0.25) is 0 Å². The third kappa shape index (κ3) is 13.5. The van der Waals surface area contributed by atoms with E-state index in [0.29, 0.717) is 29.4 Å². The summed E-state index contributed by atoms with van der Waals surface area (Å²) in [5, 5.41) is 0. The lowest BCUT2D eigenvalue weighted by Crippen LogP contribution is -2.21. The summed E-state index contributed by atoms with van der Waals surface area (Å²) in [5.74, 6) is -1.12. The van der Waals surface area contributed by atoms with Gasteiger partial charge in [-0.25, -0.2) is 7.26 Å². The molecule has 6 nitrogen and oxygen atoms in total. The summed E-state index contributed by atoms with van der Waals surface area (Å²) in [6, 6.07) is 48.7. The van der Waals surface area contributed by atoms with Crippen molar-refractivity contribution < 1.29 is 24.1 Å². The molecule has 0 saturated heterocycles. The molecule has 73 heavy (non-hydrogen) atoms. The van der Waals surface area contributed by atoms with Crippen LogP contribution in [0.4, 0.5) is 0 Å².